The minimum absolute atomic E-state index is 0.460. The van der Waals surface area contributed by atoms with E-state index in [-0.39, 0.29) is 0 Å². The number of benzene rings is 1. The molecule has 3 nitrogen and oxygen atoms in total. The summed E-state index contributed by atoms with van der Waals surface area (Å²) in [6.07, 6.45) is 1.32. The van der Waals surface area contributed by atoms with Gasteiger partial charge in [0.15, 0.2) is 0 Å². The van der Waals surface area contributed by atoms with Gasteiger partial charge in [0.25, 0.3) is 0 Å². The number of aliphatic hydroxyl groups is 1. The molecule has 2 aromatic rings. The van der Waals surface area contributed by atoms with E-state index in [0.29, 0.717) is 6.54 Å². The number of rotatable bonds is 4. The molecular formula is C14H16N2O. The van der Waals surface area contributed by atoms with Crippen molar-refractivity contribution in [1.29, 1.82) is 0 Å². The first-order valence-electron chi connectivity index (χ1n) is 5.65. The van der Waals surface area contributed by atoms with Crippen molar-refractivity contribution in [2.75, 3.05) is 13.6 Å². The van der Waals surface area contributed by atoms with Crippen molar-refractivity contribution in [3.05, 3.63) is 54.2 Å². The van der Waals surface area contributed by atoms with Gasteiger partial charge in [-0.25, -0.2) is 0 Å². The number of nitrogens with one attached hydrogen (secondary N) is 1. The fourth-order valence-corrected chi connectivity index (χ4v) is 1.72. The minimum Gasteiger partial charge on any atom is -0.387 e. The van der Waals surface area contributed by atoms with Crippen molar-refractivity contribution in [3.8, 4) is 11.3 Å². The molecule has 1 atom stereocenters. The SMILES string of the molecule is CNCC(O)c1ccc(-c2ccccn2)cc1. The quantitative estimate of drug-likeness (QED) is 0.841. The molecule has 0 aliphatic heterocycles. The summed E-state index contributed by atoms with van der Waals surface area (Å²) in [6, 6.07) is 13.7. The zero-order chi connectivity index (χ0) is 12.1. The summed E-state index contributed by atoms with van der Waals surface area (Å²) in [4.78, 5) is 4.28. The van der Waals surface area contributed by atoms with Gasteiger partial charge in [-0.15, -0.1) is 0 Å². The lowest BCUT2D eigenvalue weighted by atomic mass is 10.0. The Bertz CT molecular complexity index is 453. The third-order valence-electron chi connectivity index (χ3n) is 2.65. The van der Waals surface area contributed by atoms with Crippen LogP contribution in [0, 0.1) is 0 Å². The Morgan fingerprint density at radius 1 is 1.18 bits per heavy atom. The van der Waals surface area contributed by atoms with E-state index in [1.54, 1.807) is 6.20 Å². The maximum Gasteiger partial charge on any atom is 0.0914 e. The number of aliphatic hydroxyl groups excluding tert-OH is 1. The van der Waals surface area contributed by atoms with Crippen molar-refractivity contribution in [3.63, 3.8) is 0 Å². The van der Waals surface area contributed by atoms with Crippen molar-refractivity contribution in [1.82, 2.24) is 10.3 Å². The normalized spacial score (nSPS) is 12.4. The molecule has 0 aliphatic carbocycles. The molecule has 3 heteroatoms. The van der Waals surface area contributed by atoms with Crippen molar-refractivity contribution in [2.45, 2.75) is 6.10 Å². The molecule has 1 aromatic carbocycles. The van der Waals surface area contributed by atoms with E-state index in [1.807, 2.05) is 49.5 Å². The number of hydrogen-bond donors (Lipinski definition) is 2. The molecule has 0 saturated carbocycles. The second kappa shape index (κ2) is 5.57. The monoisotopic (exact) mass is 228 g/mol. The summed E-state index contributed by atoms with van der Waals surface area (Å²) in [7, 11) is 1.82. The van der Waals surface area contributed by atoms with E-state index in [9.17, 15) is 5.11 Å². The van der Waals surface area contributed by atoms with E-state index in [2.05, 4.69) is 10.3 Å². The zero-order valence-electron chi connectivity index (χ0n) is 9.80. The Labute approximate surface area is 101 Å². The first kappa shape index (κ1) is 11.8. The second-order valence-electron chi connectivity index (χ2n) is 3.91. The van der Waals surface area contributed by atoms with Gasteiger partial charge < -0.3 is 10.4 Å². The van der Waals surface area contributed by atoms with Crippen LogP contribution in [0.4, 0.5) is 0 Å². The third-order valence-corrected chi connectivity index (χ3v) is 2.65. The fraction of sp³-hybridized carbons (Fsp3) is 0.214. The van der Waals surface area contributed by atoms with E-state index >= 15 is 0 Å². The molecule has 1 heterocycles. The van der Waals surface area contributed by atoms with E-state index in [1.165, 1.54) is 0 Å². The van der Waals surface area contributed by atoms with Gasteiger partial charge in [0, 0.05) is 18.3 Å². The highest BCUT2D eigenvalue weighted by Crippen LogP contribution is 2.19. The van der Waals surface area contributed by atoms with Crippen LogP contribution in [0.15, 0.2) is 48.7 Å². The summed E-state index contributed by atoms with van der Waals surface area (Å²) in [5.74, 6) is 0. The Morgan fingerprint density at radius 2 is 1.94 bits per heavy atom. The van der Waals surface area contributed by atoms with Crippen LogP contribution in [0.3, 0.4) is 0 Å². The van der Waals surface area contributed by atoms with Crippen LogP contribution in [-0.4, -0.2) is 23.7 Å². The molecular weight excluding hydrogens is 212 g/mol. The first-order valence-corrected chi connectivity index (χ1v) is 5.65. The lowest BCUT2D eigenvalue weighted by molar-refractivity contribution is 0.178. The lowest BCUT2D eigenvalue weighted by Crippen LogP contribution is -2.16. The molecule has 2 rings (SSSR count). The van der Waals surface area contributed by atoms with Crippen LogP contribution in [0.5, 0.6) is 0 Å². The number of aromatic nitrogens is 1. The summed E-state index contributed by atoms with van der Waals surface area (Å²) >= 11 is 0. The minimum atomic E-state index is -0.460. The lowest BCUT2D eigenvalue weighted by Gasteiger charge is -2.10. The van der Waals surface area contributed by atoms with E-state index < -0.39 is 6.10 Å². The van der Waals surface area contributed by atoms with Gasteiger partial charge in [-0.2, -0.15) is 0 Å². The highest BCUT2D eigenvalue weighted by molar-refractivity contribution is 5.59. The molecule has 88 valence electrons. The summed E-state index contributed by atoms with van der Waals surface area (Å²) in [6.45, 7) is 0.558. The smallest absolute Gasteiger partial charge is 0.0914 e. The molecule has 17 heavy (non-hydrogen) atoms. The second-order valence-corrected chi connectivity index (χ2v) is 3.91. The van der Waals surface area contributed by atoms with Gasteiger partial charge in [0.1, 0.15) is 0 Å². The number of hydrogen-bond acceptors (Lipinski definition) is 3. The molecule has 0 radical (unpaired) electrons. The van der Waals surface area contributed by atoms with Gasteiger partial charge in [-0.3, -0.25) is 4.98 Å². The van der Waals surface area contributed by atoms with Gasteiger partial charge in [0.05, 0.1) is 11.8 Å². The van der Waals surface area contributed by atoms with Gasteiger partial charge in [-0.05, 0) is 24.7 Å². The van der Waals surface area contributed by atoms with Crippen LogP contribution in [-0.2, 0) is 0 Å². The largest absolute Gasteiger partial charge is 0.387 e. The summed E-state index contributed by atoms with van der Waals surface area (Å²) < 4.78 is 0. The van der Waals surface area contributed by atoms with Crippen LogP contribution in [0.25, 0.3) is 11.3 Å². The van der Waals surface area contributed by atoms with Crippen molar-refractivity contribution < 1.29 is 5.11 Å². The molecule has 0 aliphatic rings. The summed E-state index contributed by atoms with van der Waals surface area (Å²) in [5.41, 5.74) is 2.92. The average molecular weight is 228 g/mol. The molecule has 0 saturated heterocycles. The Kier molecular flexibility index (Phi) is 3.85. The van der Waals surface area contributed by atoms with Gasteiger partial charge in [-0.1, -0.05) is 30.3 Å². The number of pyridine rings is 1. The maximum atomic E-state index is 9.80. The third kappa shape index (κ3) is 2.90. The van der Waals surface area contributed by atoms with Crippen LogP contribution < -0.4 is 5.32 Å². The van der Waals surface area contributed by atoms with Crippen LogP contribution in [0.1, 0.15) is 11.7 Å². The molecule has 2 N–H and O–H groups in total. The molecule has 1 unspecified atom stereocenters. The van der Waals surface area contributed by atoms with Crippen LogP contribution >= 0.6 is 0 Å². The Balaban J connectivity index is 2.19. The highest BCUT2D eigenvalue weighted by Gasteiger charge is 2.06. The number of nitrogens with zero attached hydrogens (tertiary/aromatic N) is 1. The van der Waals surface area contributed by atoms with E-state index in [0.717, 1.165) is 16.8 Å². The van der Waals surface area contributed by atoms with E-state index in [4.69, 9.17) is 0 Å². The molecule has 0 bridgehead atoms. The van der Waals surface area contributed by atoms with Crippen LogP contribution in [0.2, 0.25) is 0 Å². The predicted molar refractivity (Wildman–Crippen MR) is 68.6 cm³/mol. The van der Waals surface area contributed by atoms with Gasteiger partial charge >= 0.3 is 0 Å². The number of likely N-dealkylation sites (N-methyl/N-ethyl adjacent to an activating group) is 1. The highest BCUT2D eigenvalue weighted by atomic mass is 16.3. The van der Waals surface area contributed by atoms with Crippen molar-refractivity contribution >= 4 is 0 Å². The fourth-order valence-electron chi connectivity index (χ4n) is 1.72. The average Bonchev–Trinajstić information content (AvgIpc) is 2.40. The van der Waals surface area contributed by atoms with Crippen molar-refractivity contribution in [2.24, 2.45) is 0 Å². The molecule has 0 spiro atoms. The molecule has 1 aromatic heterocycles. The molecule has 0 amide bonds. The predicted octanol–water partition coefficient (Wildman–Crippen LogP) is 2.00. The Morgan fingerprint density at radius 3 is 2.53 bits per heavy atom. The summed E-state index contributed by atoms with van der Waals surface area (Å²) in [5, 5.41) is 12.8. The first-order chi connectivity index (χ1) is 8.31. The topological polar surface area (TPSA) is 45.1 Å². The zero-order valence-corrected chi connectivity index (χ0v) is 9.80. The Hall–Kier alpha value is -1.71. The molecule has 0 fully saturated rings. The van der Waals surface area contributed by atoms with Gasteiger partial charge in [0.2, 0.25) is 0 Å². The standard InChI is InChI=1S/C14H16N2O/c1-15-10-14(17)12-7-5-11(6-8-12)13-4-2-3-9-16-13/h2-9,14-15,17H,10H2,1H3. The maximum absolute atomic E-state index is 9.80.